The largest absolute Gasteiger partial charge is 0.352 e. The molecule has 0 radical (unpaired) electrons. The number of nitrogens with one attached hydrogen (secondary N) is 2. The molecule has 0 spiro atoms. The van der Waals surface area contributed by atoms with E-state index in [1.165, 1.54) is 16.3 Å². The first-order chi connectivity index (χ1) is 15.8. The summed E-state index contributed by atoms with van der Waals surface area (Å²) in [5.41, 5.74) is 2.79. The first-order valence-corrected chi connectivity index (χ1v) is 13.3. The molecule has 4 rings (SSSR count). The smallest absolute Gasteiger partial charge is 0.229 e. The fourth-order valence-corrected chi connectivity index (χ4v) is 5.16. The van der Waals surface area contributed by atoms with E-state index in [9.17, 15) is 13.2 Å². The van der Waals surface area contributed by atoms with Gasteiger partial charge in [-0.1, -0.05) is 54.6 Å². The molecule has 1 heterocycles. The standard InChI is InChI=1S/C26H31N3O3S/c1-19(24-9-5-7-21-6-3-4-8-25(21)24)29-16-14-22(15-17-29)26(30)27-18-20-10-12-23(13-11-20)28-33(2,31)32/h3-13,19,22,28H,14-18H2,1-2H3,(H,27,30). The summed E-state index contributed by atoms with van der Waals surface area (Å²) in [5, 5.41) is 5.60. The predicted octanol–water partition coefficient (Wildman–Crippen LogP) is 4.30. The molecule has 0 bridgehead atoms. The quantitative estimate of drug-likeness (QED) is 0.545. The second kappa shape index (κ2) is 9.93. The molecule has 1 unspecified atom stereocenters. The van der Waals surface area contributed by atoms with Crippen molar-refractivity contribution < 1.29 is 13.2 Å². The highest BCUT2D eigenvalue weighted by Gasteiger charge is 2.28. The number of amides is 1. The number of sulfonamides is 1. The Balaban J connectivity index is 1.29. The average Bonchev–Trinajstić information content (AvgIpc) is 2.82. The van der Waals surface area contributed by atoms with Gasteiger partial charge in [0.2, 0.25) is 15.9 Å². The van der Waals surface area contributed by atoms with Crippen LogP contribution in [0.15, 0.2) is 66.7 Å². The van der Waals surface area contributed by atoms with Crippen molar-refractivity contribution >= 4 is 32.4 Å². The lowest BCUT2D eigenvalue weighted by Gasteiger charge is -2.36. The third-order valence-corrected chi connectivity index (χ3v) is 7.05. The van der Waals surface area contributed by atoms with Crippen LogP contribution in [0.1, 0.15) is 36.9 Å². The van der Waals surface area contributed by atoms with E-state index in [2.05, 4.69) is 64.3 Å². The molecule has 3 aromatic rings. The van der Waals surface area contributed by atoms with Crippen molar-refractivity contribution in [1.82, 2.24) is 10.2 Å². The van der Waals surface area contributed by atoms with Crippen LogP contribution >= 0.6 is 0 Å². The van der Waals surface area contributed by atoms with E-state index in [0.717, 1.165) is 37.8 Å². The summed E-state index contributed by atoms with van der Waals surface area (Å²) >= 11 is 0. The second-order valence-electron chi connectivity index (χ2n) is 8.84. The van der Waals surface area contributed by atoms with Crippen LogP contribution in [-0.2, 0) is 21.4 Å². The van der Waals surface area contributed by atoms with Crippen molar-refractivity contribution in [2.24, 2.45) is 5.92 Å². The Labute approximate surface area is 196 Å². The molecular weight excluding hydrogens is 434 g/mol. The van der Waals surface area contributed by atoms with Crippen LogP contribution in [0.4, 0.5) is 5.69 Å². The maximum absolute atomic E-state index is 12.7. The van der Waals surface area contributed by atoms with Crippen LogP contribution in [0.5, 0.6) is 0 Å². The molecule has 6 nitrogen and oxygen atoms in total. The zero-order valence-electron chi connectivity index (χ0n) is 19.1. The minimum atomic E-state index is -3.29. The van der Waals surface area contributed by atoms with Crippen LogP contribution in [0.3, 0.4) is 0 Å². The van der Waals surface area contributed by atoms with Gasteiger partial charge in [-0.2, -0.15) is 0 Å². The van der Waals surface area contributed by atoms with Crippen molar-refractivity contribution in [3.8, 4) is 0 Å². The summed E-state index contributed by atoms with van der Waals surface area (Å²) in [4.78, 5) is 15.2. The number of carbonyl (C=O) groups is 1. The molecule has 0 aromatic heterocycles. The van der Waals surface area contributed by atoms with Gasteiger partial charge in [0.25, 0.3) is 0 Å². The Kier molecular flexibility index (Phi) is 7.00. The van der Waals surface area contributed by atoms with Crippen molar-refractivity contribution in [3.05, 3.63) is 77.9 Å². The number of nitrogens with zero attached hydrogens (tertiary/aromatic N) is 1. The number of benzene rings is 3. The molecule has 1 saturated heterocycles. The van der Waals surface area contributed by atoms with Crippen molar-refractivity contribution in [3.63, 3.8) is 0 Å². The third-order valence-electron chi connectivity index (χ3n) is 6.45. The van der Waals surface area contributed by atoms with Crippen molar-refractivity contribution in [1.29, 1.82) is 0 Å². The normalized spacial score (nSPS) is 16.4. The van der Waals surface area contributed by atoms with Crippen LogP contribution in [-0.4, -0.2) is 38.6 Å². The summed E-state index contributed by atoms with van der Waals surface area (Å²) in [6.07, 6.45) is 2.81. The Morgan fingerprint density at radius 2 is 1.67 bits per heavy atom. The average molecular weight is 466 g/mol. The number of fused-ring (bicyclic) bond motifs is 1. The highest BCUT2D eigenvalue weighted by atomic mass is 32.2. The minimum Gasteiger partial charge on any atom is -0.352 e. The Bertz CT molecular complexity index is 1210. The Morgan fingerprint density at radius 1 is 1.00 bits per heavy atom. The molecule has 0 saturated carbocycles. The zero-order chi connectivity index (χ0) is 23.4. The van der Waals surface area contributed by atoms with E-state index < -0.39 is 10.0 Å². The number of likely N-dealkylation sites (tertiary alicyclic amines) is 1. The summed E-state index contributed by atoms with van der Waals surface area (Å²) in [6, 6.07) is 22.3. The molecule has 1 amide bonds. The fraction of sp³-hybridized carbons (Fsp3) is 0.346. The Hall–Kier alpha value is -2.90. The monoisotopic (exact) mass is 465 g/mol. The summed E-state index contributed by atoms with van der Waals surface area (Å²) in [7, 11) is -3.29. The van der Waals surface area contributed by atoms with Crippen LogP contribution in [0.25, 0.3) is 10.8 Å². The number of hydrogen-bond donors (Lipinski definition) is 2. The van der Waals surface area contributed by atoms with E-state index in [1.54, 1.807) is 12.1 Å². The Morgan fingerprint density at radius 3 is 2.36 bits per heavy atom. The number of hydrogen-bond acceptors (Lipinski definition) is 4. The minimum absolute atomic E-state index is 0.0205. The summed E-state index contributed by atoms with van der Waals surface area (Å²) < 4.78 is 25.1. The van der Waals surface area contributed by atoms with Gasteiger partial charge in [-0.05, 0) is 66.9 Å². The van der Waals surface area contributed by atoms with E-state index >= 15 is 0 Å². The van der Waals surface area contributed by atoms with Gasteiger partial charge in [0.15, 0.2) is 0 Å². The highest BCUT2D eigenvalue weighted by molar-refractivity contribution is 7.92. The molecule has 0 aliphatic carbocycles. The van der Waals surface area contributed by atoms with E-state index in [1.807, 2.05) is 12.1 Å². The van der Waals surface area contributed by atoms with E-state index in [-0.39, 0.29) is 11.8 Å². The molecular formula is C26H31N3O3S. The topological polar surface area (TPSA) is 78.5 Å². The molecule has 7 heteroatoms. The van der Waals surface area contributed by atoms with Gasteiger partial charge in [0.1, 0.15) is 0 Å². The SMILES string of the molecule is CC(c1cccc2ccccc12)N1CCC(C(=O)NCc2ccc(NS(C)(=O)=O)cc2)CC1. The van der Waals surface area contributed by atoms with E-state index in [4.69, 9.17) is 0 Å². The van der Waals surface area contributed by atoms with Gasteiger partial charge < -0.3 is 5.32 Å². The molecule has 33 heavy (non-hydrogen) atoms. The van der Waals surface area contributed by atoms with Crippen LogP contribution in [0, 0.1) is 5.92 Å². The zero-order valence-corrected chi connectivity index (χ0v) is 19.9. The van der Waals surface area contributed by atoms with Crippen LogP contribution in [0.2, 0.25) is 0 Å². The predicted molar refractivity (Wildman–Crippen MR) is 133 cm³/mol. The lowest BCUT2D eigenvalue weighted by Crippen LogP contribution is -2.41. The molecule has 1 fully saturated rings. The molecule has 1 aliphatic rings. The molecule has 174 valence electrons. The highest BCUT2D eigenvalue weighted by Crippen LogP contribution is 2.31. The summed E-state index contributed by atoms with van der Waals surface area (Å²) in [5.74, 6) is 0.109. The second-order valence-corrected chi connectivity index (χ2v) is 10.6. The van der Waals surface area contributed by atoms with Crippen molar-refractivity contribution in [2.75, 3.05) is 24.1 Å². The molecule has 3 aromatic carbocycles. The number of piperidine rings is 1. The van der Waals surface area contributed by atoms with Gasteiger partial charge in [-0.3, -0.25) is 14.4 Å². The summed E-state index contributed by atoms with van der Waals surface area (Å²) in [6.45, 7) is 4.48. The van der Waals surface area contributed by atoms with Gasteiger partial charge >= 0.3 is 0 Å². The van der Waals surface area contributed by atoms with Gasteiger partial charge in [0, 0.05) is 24.2 Å². The number of rotatable bonds is 7. The molecule has 1 aliphatic heterocycles. The maximum Gasteiger partial charge on any atom is 0.229 e. The third kappa shape index (κ3) is 5.92. The van der Waals surface area contributed by atoms with Gasteiger partial charge in [0.05, 0.1) is 6.26 Å². The van der Waals surface area contributed by atoms with Crippen LogP contribution < -0.4 is 10.0 Å². The lowest BCUT2D eigenvalue weighted by atomic mass is 9.92. The maximum atomic E-state index is 12.7. The lowest BCUT2D eigenvalue weighted by molar-refractivity contribution is -0.126. The first kappa shape index (κ1) is 23.3. The van der Waals surface area contributed by atoms with Gasteiger partial charge in [-0.15, -0.1) is 0 Å². The van der Waals surface area contributed by atoms with Gasteiger partial charge in [-0.25, -0.2) is 8.42 Å². The molecule has 2 N–H and O–H groups in total. The molecule has 1 atom stereocenters. The van der Waals surface area contributed by atoms with E-state index in [0.29, 0.717) is 18.3 Å². The number of carbonyl (C=O) groups excluding carboxylic acids is 1. The fourth-order valence-electron chi connectivity index (χ4n) is 4.60. The number of anilines is 1. The van der Waals surface area contributed by atoms with Crippen molar-refractivity contribution in [2.45, 2.75) is 32.4 Å². The first-order valence-electron chi connectivity index (χ1n) is 11.4.